The first-order valence-electron chi connectivity index (χ1n) is 8.35. The van der Waals surface area contributed by atoms with Crippen LogP contribution in [0.5, 0.6) is 0 Å². The second kappa shape index (κ2) is 6.06. The molecule has 0 atom stereocenters. The molecule has 2 heterocycles. The zero-order valence-corrected chi connectivity index (χ0v) is 13.6. The minimum atomic E-state index is -4.66. The zero-order valence-electron chi connectivity index (χ0n) is 13.6. The van der Waals surface area contributed by atoms with E-state index in [2.05, 4.69) is 5.10 Å². The molecule has 1 aromatic rings. The van der Waals surface area contributed by atoms with Crippen LogP contribution in [0.25, 0.3) is 0 Å². The molecule has 1 aliphatic carbocycles. The number of halogens is 3. The average molecular weight is 345 g/mol. The molecule has 0 aromatic carbocycles. The maximum absolute atomic E-state index is 12.9. The van der Waals surface area contributed by atoms with Crippen LogP contribution in [0.2, 0.25) is 0 Å². The Labute approximate surface area is 138 Å². The summed E-state index contributed by atoms with van der Waals surface area (Å²) < 4.78 is 40.4. The van der Waals surface area contributed by atoms with Crippen molar-refractivity contribution >= 4 is 5.91 Å². The van der Waals surface area contributed by atoms with Crippen molar-refractivity contribution in [2.75, 3.05) is 13.1 Å². The van der Waals surface area contributed by atoms with E-state index in [0.717, 1.165) is 31.4 Å². The van der Waals surface area contributed by atoms with E-state index >= 15 is 0 Å². The number of carbonyl (C=O) groups is 1. The summed E-state index contributed by atoms with van der Waals surface area (Å²) in [4.78, 5) is 14.0. The van der Waals surface area contributed by atoms with Gasteiger partial charge in [-0.3, -0.25) is 9.48 Å². The third-order valence-electron chi connectivity index (χ3n) is 5.35. The molecular weight excluding hydrogens is 323 g/mol. The van der Waals surface area contributed by atoms with Gasteiger partial charge in [-0.1, -0.05) is 12.8 Å². The predicted octanol–water partition coefficient (Wildman–Crippen LogP) is 2.84. The van der Waals surface area contributed by atoms with Gasteiger partial charge in [-0.15, -0.1) is 0 Å². The van der Waals surface area contributed by atoms with E-state index in [1.165, 1.54) is 11.1 Å². The first-order chi connectivity index (χ1) is 11.2. The topological polar surface area (TPSA) is 58.4 Å². The van der Waals surface area contributed by atoms with E-state index < -0.39 is 24.6 Å². The second-order valence-electron chi connectivity index (χ2n) is 6.85. The highest BCUT2D eigenvalue weighted by Crippen LogP contribution is 2.38. The molecule has 0 radical (unpaired) electrons. The van der Waals surface area contributed by atoms with Gasteiger partial charge in [-0.25, -0.2) is 0 Å². The number of likely N-dealkylation sites (tertiary alicyclic amines) is 1. The second-order valence-corrected chi connectivity index (χ2v) is 6.85. The van der Waals surface area contributed by atoms with Crippen LogP contribution in [0.4, 0.5) is 13.2 Å². The van der Waals surface area contributed by atoms with Crippen LogP contribution in [-0.2, 0) is 0 Å². The van der Waals surface area contributed by atoms with Gasteiger partial charge in [0.15, 0.2) is 5.60 Å². The quantitative estimate of drug-likeness (QED) is 0.897. The third-order valence-corrected chi connectivity index (χ3v) is 5.35. The first kappa shape index (κ1) is 17.3. The van der Waals surface area contributed by atoms with Crippen molar-refractivity contribution in [1.29, 1.82) is 0 Å². The molecule has 2 aliphatic rings. The molecule has 1 aliphatic heterocycles. The molecule has 3 rings (SSSR count). The van der Waals surface area contributed by atoms with E-state index in [1.54, 1.807) is 0 Å². The summed E-state index contributed by atoms with van der Waals surface area (Å²) in [6, 6.07) is 0.309. The number of piperidine rings is 1. The Kier molecular flexibility index (Phi) is 4.36. The lowest BCUT2D eigenvalue weighted by Crippen LogP contribution is -2.54. The van der Waals surface area contributed by atoms with Gasteiger partial charge in [0, 0.05) is 31.6 Å². The Morgan fingerprint density at radius 1 is 1.29 bits per heavy atom. The number of aromatic nitrogens is 2. The van der Waals surface area contributed by atoms with Crippen LogP contribution in [-0.4, -0.2) is 50.6 Å². The summed E-state index contributed by atoms with van der Waals surface area (Å²) in [6.07, 6.45) is 0.254. The molecule has 1 amide bonds. The molecule has 0 unspecified atom stereocenters. The van der Waals surface area contributed by atoms with Gasteiger partial charge < -0.3 is 10.0 Å². The fraction of sp³-hybridized carbons (Fsp3) is 0.750. The molecule has 5 nitrogen and oxygen atoms in total. The fourth-order valence-electron chi connectivity index (χ4n) is 3.68. The first-order valence-corrected chi connectivity index (χ1v) is 8.35. The number of alkyl halides is 3. The summed E-state index contributed by atoms with van der Waals surface area (Å²) in [5.41, 5.74) is -1.48. The van der Waals surface area contributed by atoms with E-state index in [-0.39, 0.29) is 19.0 Å². The summed E-state index contributed by atoms with van der Waals surface area (Å²) in [6.45, 7) is 1.61. The maximum atomic E-state index is 12.9. The van der Waals surface area contributed by atoms with Crippen LogP contribution >= 0.6 is 0 Å². The highest BCUT2D eigenvalue weighted by atomic mass is 19.4. The smallest absolute Gasteiger partial charge is 0.380 e. The Morgan fingerprint density at radius 2 is 1.88 bits per heavy atom. The average Bonchev–Trinajstić information content (AvgIpc) is 3.15. The highest BCUT2D eigenvalue weighted by molar-refractivity contribution is 5.95. The van der Waals surface area contributed by atoms with E-state index in [4.69, 9.17) is 0 Å². The summed E-state index contributed by atoms with van der Waals surface area (Å²) in [5, 5.41) is 14.0. The Morgan fingerprint density at radius 3 is 2.42 bits per heavy atom. The van der Waals surface area contributed by atoms with Crippen molar-refractivity contribution in [2.45, 2.75) is 63.3 Å². The monoisotopic (exact) mass is 345 g/mol. The number of hydrogen-bond donors (Lipinski definition) is 1. The maximum Gasteiger partial charge on any atom is 0.417 e. The third kappa shape index (κ3) is 2.92. The molecule has 2 fully saturated rings. The van der Waals surface area contributed by atoms with Gasteiger partial charge >= 0.3 is 6.18 Å². The largest absolute Gasteiger partial charge is 0.417 e. The van der Waals surface area contributed by atoms with Crippen molar-refractivity contribution in [2.24, 2.45) is 0 Å². The van der Waals surface area contributed by atoms with Crippen molar-refractivity contribution in [3.63, 3.8) is 0 Å². The number of hydrogen-bond acceptors (Lipinski definition) is 3. The van der Waals surface area contributed by atoms with Crippen molar-refractivity contribution in [3.8, 4) is 0 Å². The standard InChI is InChI=1S/C16H22F3N3O2/c1-11-13(10-20-22(11)12-4-2-3-5-12)14(23)21-8-6-15(24,7-9-21)16(17,18)19/h10,12,24H,2-9H2,1H3. The number of amides is 1. The van der Waals surface area contributed by atoms with Crippen molar-refractivity contribution in [3.05, 3.63) is 17.5 Å². The van der Waals surface area contributed by atoms with Crippen LogP contribution in [0.3, 0.4) is 0 Å². The molecule has 1 saturated carbocycles. The number of rotatable bonds is 2. The number of aliphatic hydroxyl groups is 1. The molecule has 0 bridgehead atoms. The molecule has 1 saturated heterocycles. The van der Waals surface area contributed by atoms with E-state index in [1.807, 2.05) is 11.6 Å². The SMILES string of the molecule is Cc1c(C(=O)N2CCC(O)(C(F)(F)F)CC2)cnn1C1CCCC1. The normalized spacial score (nSPS) is 22.1. The molecule has 1 aromatic heterocycles. The fourth-order valence-corrected chi connectivity index (χ4v) is 3.68. The van der Waals surface area contributed by atoms with E-state index in [9.17, 15) is 23.1 Å². The molecule has 1 N–H and O–H groups in total. The summed E-state index contributed by atoms with van der Waals surface area (Å²) >= 11 is 0. The number of carbonyl (C=O) groups excluding carboxylic acids is 1. The molecule has 24 heavy (non-hydrogen) atoms. The lowest BCUT2D eigenvalue weighted by atomic mass is 9.90. The lowest BCUT2D eigenvalue weighted by Gasteiger charge is -2.39. The van der Waals surface area contributed by atoms with Gasteiger partial charge in [0.1, 0.15) is 0 Å². The molecule has 134 valence electrons. The van der Waals surface area contributed by atoms with Crippen LogP contribution < -0.4 is 0 Å². The Balaban J connectivity index is 1.70. The number of nitrogens with zero attached hydrogens (tertiary/aromatic N) is 3. The van der Waals surface area contributed by atoms with Gasteiger partial charge in [0.25, 0.3) is 5.91 Å². The van der Waals surface area contributed by atoms with Crippen molar-refractivity contribution in [1.82, 2.24) is 14.7 Å². The van der Waals surface area contributed by atoms with Gasteiger partial charge in [-0.05, 0) is 19.8 Å². The van der Waals surface area contributed by atoms with E-state index in [0.29, 0.717) is 11.6 Å². The van der Waals surface area contributed by atoms with Crippen LogP contribution in [0, 0.1) is 6.92 Å². The van der Waals surface area contributed by atoms with Gasteiger partial charge in [-0.2, -0.15) is 18.3 Å². The molecule has 8 heteroatoms. The Hall–Kier alpha value is -1.57. The van der Waals surface area contributed by atoms with Gasteiger partial charge in [0.05, 0.1) is 17.8 Å². The minimum Gasteiger partial charge on any atom is -0.380 e. The zero-order chi connectivity index (χ0) is 17.5. The summed E-state index contributed by atoms with van der Waals surface area (Å²) in [5.74, 6) is -0.305. The van der Waals surface area contributed by atoms with Crippen LogP contribution in [0.1, 0.15) is 60.6 Å². The predicted molar refractivity (Wildman–Crippen MR) is 80.6 cm³/mol. The highest BCUT2D eigenvalue weighted by Gasteiger charge is 2.55. The van der Waals surface area contributed by atoms with Crippen molar-refractivity contribution < 1.29 is 23.1 Å². The van der Waals surface area contributed by atoms with Crippen LogP contribution in [0.15, 0.2) is 6.20 Å². The van der Waals surface area contributed by atoms with Gasteiger partial charge in [0.2, 0.25) is 0 Å². The minimum absolute atomic E-state index is 0.108. The lowest BCUT2D eigenvalue weighted by molar-refractivity contribution is -0.271. The summed E-state index contributed by atoms with van der Waals surface area (Å²) in [7, 11) is 0. The molecular formula is C16H22F3N3O2. The molecule has 0 spiro atoms. The Bertz CT molecular complexity index is 613.